The summed E-state index contributed by atoms with van der Waals surface area (Å²) in [7, 11) is 0. The molecule has 5 heteroatoms. The zero-order valence-corrected chi connectivity index (χ0v) is 16.9. The van der Waals surface area contributed by atoms with Crippen LogP contribution in [0.1, 0.15) is 35.7 Å². The highest BCUT2D eigenvalue weighted by Crippen LogP contribution is 2.48. The third-order valence-electron chi connectivity index (χ3n) is 5.34. The molecule has 0 aromatic heterocycles. The summed E-state index contributed by atoms with van der Waals surface area (Å²) in [5.74, 6) is 0.555. The molecule has 0 bridgehead atoms. The number of hydrogen-bond donors (Lipinski definition) is 2. The van der Waals surface area contributed by atoms with Crippen LogP contribution in [0.15, 0.2) is 78.9 Å². The van der Waals surface area contributed by atoms with E-state index in [1.54, 1.807) is 36.4 Å². The molecule has 0 heterocycles. The standard InChI is InChI=1S/C25H24N2O3/c1-2-30-22-14-12-20(13-15-22)26-23(28)18-8-10-21(11-9-18)27-24(29)25(16-17-25)19-6-4-3-5-7-19/h3-15H,2,16-17H2,1H3,(H,26,28)(H,27,29). The molecular formula is C25H24N2O3. The van der Waals surface area contributed by atoms with Crippen LogP contribution in [0.2, 0.25) is 0 Å². The Bertz CT molecular complexity index is 1020. The van der Waals surface area contributed by atoms with E-state index >= 15 is 0 Å². The monoisotopic (exact) mass is 400 g/mol. The third kappa shape index (κ3) is 4.20. The van der Waals surface area contributed by atoms with Gasteiger partial charge < -0.3 is 15.4 Å². The first-order valence-electron chi connectivity index (χ1n) is 10.1. The summed E-state index contributed by atoms with van der Waals surface area (Å²) in [4.78, 5) is 25.3. The second-order valence-electron chi connectivity index (χ2n) is 7.39. The molecule has 3 aromatic carbocycles. The Morgan fingerprint density at radius 3 is 2.03 bits per heavy atom. The number of benzene rings is 3. The van der Waals surface area contributed by atoms with Gasteiger partial charge in [-0.15, -0.1) is 0 Å². The average Bonchev–Trinajstić information content (AvgIpc) is 3.59. The summed E-state index contributed by atoms with van der Waals surface area (Å²) >= 11 is 0. The fourth-order valence-electron chi connectivity index (χ4n) is 3.49. The van der Waals surface area contributed by atoms with Crippen molar-refractivity contribution in [2.45, 2.75) is 25.2 Å². The largest absolute Gasteiger partial charge is 0.494 e. The molecule has 30 heavy (non-hydrogen) atoms. The lowest BCUT2D eigenvalue weighted by molar-refractivity contribution is -0.118. The summed E-state index contributed by atoms with van der Waals surface area (Å²) in [5.41, 5.74) is 2.52. The molecule has 5 nitrogen and oxygen atoms in total. The van der Waals surface area contributed by atoms with Crippen LogP contribution in [0.5, 0.6) is 5.75 Å². The maximum atomic E-state index is 12.8. The lowest BCUT2D eigenvalue weighted by atomic mass is 9.95. The highest BCUT2D eigenvalue weighted by atomic mass is 16.5. The second kappa shape index (κ2) is 8.41. The predicted molar refractivity (Wildman–Crippen MR) is 118 cm³/mol. The quantitative estimate of drug-likeness (QED) is 0.586. The number of nitrogens with one attached hydrogen (secondary N) is 2. The van der Waals surface area contributed by atoms with E-state index in [1.807, 2.05) is 49.4 Å². The van der Waals surface area contributed by atoms with Gasteiger partial charge >= 0.3 is 0 Å². The fraction of sp³-hybridized carbons (Fsp3) is 0.200. The third-order valence-corrected chi connectivity index (χ3v) is 5.34. The Labute approximate surface area is 176 Å². The van der Waals surface area contributed by atoms with Crippen molar-refractivity contribution in [3.8, 4) is 5.75 Å². The molecule has 152 valence electrons. The van der Waals surface area contributed by atoms with E-state index in [4.69, 9.17) is 4.74 Å². The van der Waals surface area contributed by atoms with Crippen molar-refractivity contribution in [1.29, 1.82) is 0 Å². The van der Waals surface area contributed by atoms with Crippen LogP contribution >= 0.6 is 0 Å². The normalized spacial score (nSPS) is 13.9. The molecule has 2 amide bonds. The Hall–Kier alpha value is -3.60. The van der Waals surface area contributed by atoms with E-state index in [2.05, 4.69) is 10.6 Å². The second-order valence-corrected chi connectivity index (χ2v) is 7.39. The number of hydrogen-bond acceptors (Lipinski definition) is 3. The first kappa shape index (κ1) is 19.7. The van der Waals surface area contributed by atoms with Crippen LogP contribution in [0.25, 0.3) is 0 Å². The van der Waals surface area contributed by atoms with E-state index < -0.39 is 5.41 Å². The number of amides is 2. The van der Waals surface area contributed by atoms with Crippen molar-refractivity contribution < 1.29 is 14.3 Å². The molecule has 4 rings (SSSR count). The van der Waals surface area contributed by atoms with Gasteiger partial charge in [0.25, 0.3) is 5.91 Å². The predicted octanol–water partition coefficient (Wildman–Crippen LogP) is 5.01. The maximum Gasteiger partial charge on any atom is 0.255 e. The van der Waals surface area contributed by atoms with Crippen molar-refractivity contribution >= 4 is 23.2 Å². The number of rotatable bonds is 7. The molecule has 1 aliphatic rings. The van der Waals surface area contributed by atoms with E-state index in [-0.39, 0.29) is 11.8 Å². The summed E-state index contributed by atoms with van der Waals surface area (Å²) in [6, 6.07) is 24.0. The molecule has 0 radical (unpaired) electrons. The summed E-state index contributed by atoms with van der Waals surface area (Å²) in [5, 5.41) is 5.85. The topological polar surface area (TPSA) is 67.4 Å². The van der Waals surface area contributed by atoms with Crippen LogP contribution in [0.4, 0.5) is 11.4 Å². The zero-order valence-electron chi connectivity index (χ0n) is 16.9. The Morgan fingerprint density at radius 2 is 1.43 bits per heavy atom. The average molecular weight is 400 g/mol. The Kier molecular flexibility index (Phi) is 5.53. The van der Waals surface area contributed by atoms with Crippen molar-refractivity contribution in [2.24, 2.45) is 0 Å². The number of carbonyl (C=O) groups excluding carboxylic acids is 2. The van der Waals surface area contributed by atoms with Crippen LogP contribution in [-0.4, -0.2) is 18.4 Å². The fourth-order valence-corrected chi connectivity index (χ4v) is 3.49. The summed E-state index contributed by atoms with van der Waals surface area (Å²) < 4.78 is 5.40. The molecule has 1 fully saturated rings. The summed E-state index contributed by atoms with van der Waals surface area (Å²) in [6.07, 6.45) is 1.71. The number of anilines is 2. The summed E-state index contributed by atoms with van der Waals surface area (Å²) in [6.45, 7) is 2.52. The van der Waals surface area contributed by atoms with Crippen LogP contribution in [0.3, 0.4) is 0 Å². The van der Waals surface area contributed by atoms with Crippen LogP contribution in [-0.2, 0) is 10.2 Å². The van der Waals surface area contributed by atoms with Gasteiger partial charge in [0.2, 0.25) is 5.91 Å². The molecule has 1 saturated carbocycles. The van der Waals surface area contributed by atoms with Crippen LogP contribution in [0, 0.1) is 0 Å². The van der Waals surface area contributed by atoms with Gasteiger partial charge in [-0.2, -0.15) is 0 Å². The van der Waals surface area contributed by atoms with Gasteiger partial charge in [-0.25, -0.2) is 0 Å². The lowest BCUT2D eigenvalue weighted by Crippen LogP contribution is -2.27. The van der Waals surface area contributed by atoms with Crippen LogP contribution < -0.4 is 15.4 Å². The van der Waals surface area contributed by atoms with Gasteiger partial charge in [-0.05, 0) is 73.9 Å². The van der Waals surface area contributed by atoms with Gasteiger partial charge in [0.1, 0.15) is 5.75 Å². The van der Waals surface area contributed by atoms with Gasteiger partial charge in [0, 0.05) is 16.9 Å². The highest BCUT2D eigenvalue weighted by Gasteiger charge is 2.51. The van der Waals surface area contributed by atoms with Crippen molar-refractivity contribution in [2.75, 3.05) is 17.2 Å². The van der Waals surface area contributed by atoms with E-state index in [1.165, 1.54) is 0 Å². The molecule has 0 unspecified atom stereocenters. The maximum absolute atomic E-state index is 12.8. The lowest BCUT2D eigenvalue weighted by Gasteiger charge is -2.16. The van der Waals surface area contributed by atoms with Crippen molar-refractivity contribution in [1.82, 2.24) is 0 Å². The number of carbonyl (C=O) groups is 2. The first-order valence-corrected chi connectivity index (χ1v) is 10.1. The van der Waals surface area contributed by atoms with Crippen molar-refractivity contribution in [3.05, 3.63) is 90.0 Å². The van der Waals surface area contributed by atoms with Gasteiger partial charge in [-0.1, -0.05) is 30.3 Å². The molecule has 2 N–H and O–H groups in total. The molecular weight excluding hydrogens is 376 g/mol. The smallest absolute Gasteiger partial charge is 0.255 e. The Balaban J connectivity index is 1.38. The van der Waals surface area contributed by atoms with E-state index in [0.717, 1.165) is 24.2 Å². The minimum atomic E-state index is -0.426. The van der Waals surface area contributed by atoms with E-state index in [0.29, 0.717) is 23.5 Å². The van der Waals surface area contributed by atoms with E-state index in [9.17, 15) is 9.59 Å². The SMILES string of the molecule is CCOc1ccc(NC(=O)c2ccc(NC(=O)C3(c4ccccc4)CC3)cc2)cc1. The van der Waals surface area contributed by atoms with Crippen molar-refractivity contribution in [3.63, 3.8) is 0 Å². The molecule has 0 aliphatic heterocycles. The highest BCUT2D eigenvalue weighted by molar-refractivity contribution is 6.05. The van der Waals surface area contributed by atoms with Gasteiger partial charge in [0.05, 0.1) is 12.0 Å². The molecule has 3 aromatic rings. The molecule has 0 saturated heterocycles. The minimum Gasteiger partial charge on any atom is -0.494 e. The molecule has 0 spiro atoms. The first-order chi connectivity index (χ1) is 14.6. The number of ether oxygens (including phenoxy) is 1. The molecule has 1 aliphatic carbocycles. The molecule has 0 atom stereocenters. The minimum absolute atomic E-state index is 0.000268. The Morgan fingerprint density at radius 1 is 0.833 bits per heavy atom. The van der Waals surface area contributed by atoms with Gasteiger partial charge in [-0.3, -0.25) is 9.59 Å². The zero-order chi connectivity index (χ0) is 21.0. The van der Waals surface area contributed by atoms with Gasteiger partial charge in [0.15, 0.2) is 0 Å².